The van der Waals surface area contributed by atoms with Crippen molar-refractivity contribution in [3.05, 3.63) is 35.9 Å². The second-order valence-corrected chi connectivity index (χ2v) is 17.7. The average Bonchev–Trinajstić information content (AvgIpc) is 3.21. The Morgan fingerprint density at radius 1 is 0.923 bits per heavy atom. The van der Waals surface area contributed by atoms with E-state index < -0.39 is 65.3 Å². The summed E-state index contributed by atoms with van der Waals surface area (Å²) >= 11 is 0. The topological polar surface area (TPSA) is 142 Å². The predicted molar refractivity (Wildman–Crippen MR) is 200 cm³/mol. The smallest absolute Gasteiger partial charge is 0.457 e. The van der Waals surface area contributed by atoms with Gasteiger partial charge in [-0.25, -0.2) is 14.4 Å². The van der Waals surface area contributed by atoms with Crippen molar-refractivity contribution < 1.29 is 42.7 Å². The zero-order valence-corrected chi connectivity index (χ0v) is 33.7. The van der Waals surface area contributed by atoms with E-state index in [0.29, 0.717) is 32.0 Å². The number of carbonyl (C=O) groups excluding carboxylic acids is 4. The molecule has 0 saturated carbocycles. The second kappa shape index (κ2) is 17.2. The second-order valence-electron chi connectivity index (χ2n) is 17.7. The van der Waals surface area contributed by atoms with Crippen molar-refractivity contribution >= 4 is 31.2 Å². The maximum Gasteiger partial charge on any atom is 0.457 e. The van der Waals surface area contributed by atoms with Gasteiger partial charge in [0.15, 0.2) is 0 Å². The van der Waals surface area contributed by atoms with Crippen LogP contribution in [0, 0.1) is 5.92 Å². The quantitative estimate of drug-likeness (QED) is 0.0934. The number of carbonyl (C=O) groups is 4. The zero-order chi connectivity index (χ0) is 39.1. The van der Waals surface area contributed by atoms with Crippen LogP contribution in [0.25, 0.3) is 0 Å². The summed E-state index contributed by atoms with van der Waals surface area (Å²) in [5.41, 5.74) is -3.12. The number of likely N-dealkylation sites (tertiary alicyclic amines) is 1. The molecule has 0 radical (unpaired) electrons. The molecule has 2 aliphatic rings. The van der Waals surface area contributed by atoms with E-state index in [0.717, 1.165) is 5.56 Å². The first-order valence-corrected chi connectivity index (χ1v) is 18.8. The molecular weight excluding hydrogens is 665 g/mol. The number of esters is 1. The van der Waals surface area contributed by atoms with Gasteiger partial charge in [0.05, 0.1) is 11.2 Å². The summed E-state index contributed by atoms with van der Waals surface area (Å²) < 4.78 is 29.7. The summed E-state index contributed by atoms with van der Waals surface area (Å²) in [5, 5.41) is 5.84. The molecule has 2 fully saturated rings. The summed E-state index contributed by atoms with van der Waals surface area (Å²) in [6.45, 7) is 22.8. The summed E-state index contributed by atoms with van der Waals surface area (Å²) in [5.74, 6) is -0.860. The van der Waals surface area contributed by atoms with Gasteiger partial charge in [-0.1, -0.05) is 57.0 Å². The fraction of sp³-hybridized carbons (Fsp3) is 0.744. The Kier molecular flexibility index (Phi) is 14.3. The lowest BCUT2D eigenvalue weighted by atomic mass is 9.77. The van der Waals surface area contributed by atoms with Crippen molar-refractivity contribution in [2.45, 2.75) is 175 Å². The highest BCUT2D eigenvalue weighted by Gasteiger charge is 2.54. The monoisotopic (exact) mass is 729 g/mol. The molecule has 0 aliphatic carbocycles. The zero-order valence-electron chi connectivity index (χ0n) is 33.7. The molecule has 1 aromatic rings. The molecule has 3 atom stereocenters. The van der Waals surface area contributed by atoms with Gasteiger partial charge in [0, 0.05) is 19.0 Å². The third kappa shape index (κ3) is 12.4. The summed E-state index contributed by atoms with van der Waals surface area (Å²) in [6, 6.07) is 7.99. The number of alkyl carbamates (subject to hydrolysis) is 1. The molecule has 0 aromatic heterocycles. The van der Waals surface area contributed by atoms with E-state index in [-0.39, 0.29) is 37.8 Å². The van der Waals surface area contributed by atoms with Gasteiger partial charge in [0.1, 0.15) is 29.4 Å². The molecule has 13 heteroatoms. The lowest BCUT2D eigenvalue weighted by Gasteiger charge is -2.48. The standard InChI is InChI=1S/C39H64BN3O9/c1-27(2)24-30(42-33(46)49-35(3,4)5)31(44)41-29-20-23-43(34(47)50-36(6,7)8)39(25-29,32(45)48-26-28-18-14-13-15-19-28)21-16-17-22-40-51-37(9,10)38(11,12)52-40/h13-15,18-19,27,29-30H,16-17,20-26H2,1-12H3,(H,41,44)(H,42,46)/t29-,30-,39+/m0/s1. The van der Waals surface area contributed by atoms with Gasteiger partial charge < -0.3 is 34.2 Å². The molecular formula is C39H64BN3O9. The number of nitrogens with zero attached hydrogens (tertiary/aromatic N) is 1. The Morgan fingerprint density at radius 2 is 1.52 bits per heavy atom. The Balaban J connectivity index is 1.91. The number of unbranched alkanes of at least 4 members (excludes halogenated alkanes) is 1. The van der Waals surface area contributed by atoms with Gasteiger partial charge in [-0.15, -0.1) is 0 Å². The lowest BCUT2D eigenvalue weighted by molar-refractivity contribution is -0.164. The molecule has 0 spiro atoms. The van der Waals surface area contributed by atoms with Crippen LogP contribution in [0.3, 0.4) is 0 Å². The van der Waals surface area contributed by atoms with Gasteiger partial charge in [-0.05, 0) is 106 Å². The van der Waals surface area contributed by atoms with E-state index in [9.17, 15) is 19.2 Å². The third-order valence-electron chi connectivity index (χ3n) is 9.65. The summed E-state index contributed by atoms with van der Waals surface area (Å²) in [6.07, 6.45) is 1.60. The highest BCUT2D eigenvalue weighted by molar-refractivity contribution is 6.45. The maximum absolute atomic E-state index is 14.5. The predicted octanol–water partition coefficient (Wildman–Crippen LogP) is 7.19. The van der Waals surface area contributed by atoms with Crippen molar-refractivity contribution in [1.82, 2.24) is 15.5 Å². The number of benzene rings is 1. The molecule has 2 aliphatic heterocycles. The molecule has 292 valence electrons. The first-order chi connectivity index (χ1) is 23.9. The molecule has 12 nitrogen and oxygen atoms in total. The molecule has 2 heterocycles. The average molecular weight is 730 g/mol. The number of hydrogen-bond acceptors (Lipinski definition) is 9. The van der Waals surface area contributed by atoms with Crippen LogP contribution in [0.1, 0.15) is 127 Å². The molecule has 3 rings (SSSR count). The highest BCUT2D eigenvalue weighted by atomic mass is 16.7. The number of ether oxygens (including phenoxy) is 3. The van der Waals surface area contributed by atoms with Crippen LogP contribution < -0.4 is 10.6 Å². The SMILES string of the molecule is CC(C)C[C@H](NC(=O)OC(C)(C)C)C(=O)N[C@H]1CCN(C(=O)OC(C)(C)C)[C@@](CCCCB2OC(C)(C)C(C)(C)O2)(C(=O)OCc2ccccc2)C1. The van der Waals surface area contributed by atoms with E-state index in [1.165, 1.54) is 4.90 Å². The molecule has 0 bridgehead atoms. The van der Waals surface area contributed by atoms with Crippen LogP contribution in [0.5, 0.6) is 0 Å². The van der Waals surface area contributed by atoms with Crippen molar-refractivity contribution in [2.75, 3.05) is 6.54 Å². The van der Waals surface area contributed by atoms with Gasteiger partial charge in [-0.2, -0.15) is 0 Å². The fourth-order valence-corrected chi connectivity index (χ4v) is 6.48. The Hall–Kier alpha value is -3.32. The minimum absolute atomic E-state index is 0.0186. The summed E-state index contributed by atoms with van der Waals surface area (Å²) in [7, 11) is -0.401. The van der Waals surface area contributed by atoms with Crippen molar-refractivity contribution in [1.29, 1.82) is 0 Å². The van der Waals surface area contributed by atoms with Crippen molar-refractivity contribution in [3.8, 4) is 0 Å². The number of piperidine rings is 1. The normalized spacial score (nSPS) is 22.1. The maximum atomic E-state index is 14.5. The van der Waals surface area contributed by atoms with E-state index in [2.05, 4.69) is 10.6 Å². The van der Waals surface area contributed by atoms with Gasteiger partial charge in [-0.3, -0.25) is 9.69 Å². The Labute approximate surface area is 311 Å². The lowest BCUT2D eigenvalue weighted by Crippen LogP contribution is -2.65. The van der Waals surface area contributed by atoms with Crippen LogP contribution in [0.4, 0.5) is 9.59 Å². The van der Waals surface area contributed by atoms with E-state index in [1.54, 1.807) is 41.5 Å². The number of amides is 3. The van der Waals surface area contributed by atoms with Crippen LogP contribution in [-0.2, 0) is 39.7 Å². The van der Waals surface area contributed by atoms with Gasteiger partial charge in [0.2, 0.25) is 5.91 Å². The fourth-order valence-electron chi connectivity index (χ4n) is 6.48. The first-order valence-electron chi connectivity index (χ1n) is 18.8. The molecule has 1 aromatic carbocycles. The van der Waals surface area contributed by atoms with Crippen LogP contribution in [0.2, 0.25) is 6.32 Å². The molecule has 2 N–H and O–H groups in total. The minimum Gasteiger partial charge on any atom is -0.459 e. The minimum atomic E-state index is -1.45. The molecule has 0 unspecified atom stereocenters. The number of nitrogens with one attached hydrogen (secondary N) is 2. The highest BCUT2D eigenvalue weighted by Crippen LogP contribution is 2.40. The number of rotatable bonds is 13. The van der Waals surface area contributed by atoms with Crippen molar-refractivity contribution in [2.24, 2.45) is 5.92 Å². The van der Waals surface area contributed by atoms with E-state index in [4.69, 9.17) is 23.5 Å². The van der Waals surface area contributed by atoms with Gasteiger partial charge >= 0.3 is 25.3 Å². The largest absolute Gasteiger partial charge is 0.459 e. The van der Waals surface area contributed by atoms with Crippen molar-refractivity contribution in [3.63, 3.8) is 0 Å². The Morgan fingerprint density at radius 3 is 2.08 bits per heavy atom. The number of hydrogen-bond donors (Lipinski definition) is 2. The van der Waals surface area contributed by atoms with Crippen LogP contribution in [-0.4, -0.2) is 82.7 Å². The first kappa shape index (κ1) is 43.1. The summed E-state index contributed by atoms with van der Waals surface area (Å²) in [4.78, 5) is 56.4. The van der Waals surface area contributed by atoms with Crippen LogP contribution >= 0.6 is 0 Å². The van der Waals surface area contributed by atoms with Crippen LogP contribution in [0.15, 0.2) is 30.3 Å². The Bertz CT molecular complexity index is 1360. The molecule has 52 heavy (non-hydrogen) atoms. The third-order valence-corrected chi connectivity index (χ3v) is 9.65. The van der Waals surface area contributed by atoms with Gasteiger partial charge in [0.25, 0.3) is 0 Å². The molecule has 2 saturated heterocycles. The molecule has 3 amide bonds. The van der Waals surface area contributed by atoms with E-state index in [1.807, 2.05) is 71.9 Å². The van der Waals surface area contributed by atoms with E-state index >= 15 is 0 Å².